The standard InChI is InChI=1S/C11H15ClN2O4/c1-18-7-10(15)6-13-5-8-4-9(14(16)17)2-3-11(8)12/h2-4,10,13,15H,5-7H2,1H3. The van der Waals surface area contributed by atoms with Gasteiger partial charge in [0, 0.05) is 37.4 Å². The summed E-state index contributed by atoms with van der Waals surface area (Å²) in [5.74, 6) is 0. The van der Waals surface area contributed by atoms with Crippen LogP contribution in [0.2, 0.25) is 5.02 Å². The molecule has 0 saturated heterocycles. The van der Waals surface area contributed by atoms with Gasteiger partial charge in [0.15, 0.2) is 0 Å². The lowest BCUT2D eigenvalue weighted by atomic mass is 10.2. The maximum absolute atomic E-state index is 10.6. The molecule has 0 radical (unpaired) electrons. The number of non-ortho nitro benzene ring substituents is 1. The number of benzene rings is 1. The molecule has 0 aliphatic rings. The Morgan fingerprint density at radius 2 is 2.33 bits per heavy atom. The molecule has 1 aromatic carbocycles. The number of hydrogen-bond donors (Lipinski definition) is 2. The molecule has 0 aliphatic heterocycles. The number of rotatable bonds is 7. The first-order valence-corrected chi connectivity index (χ1v) is 5.73. The van der Waals surface area contributed by atoms with Crippen LogP contribution in [-0.2, 0) is 11.3 Å². The Kier molecular flexibility index (Phi) is 6.00. The van der Waals surface area contributed by atoms with Crippen LogP contribution in [0.1, 0.15) is 5.56 Å². The smallest absolute Gasteiger partial charge is 0.269 e. The van der Waals surface area contributed by atoms with Crippen molar-refractivity contribution < 1.29 is 14.8 Å². The summed E-state index contributed by atoms with van der Waals surface area (Å²) in [6.45, 7) is 0.907. The van der Waals surface area contributed by atoms with Crippen molar-refractivity contribution in [2.45, 2.75) is 12.6 Å². The molecule has 1 atom stereocenters. The average molecular weight is 275 g/mol. The Hall–Kier alpha value is -1.21. The molecule has 100 valence electrons. The van der Waals surface area contributed by atoms with E-state index in [1.54, 1.807) is 0 Å². The Morgan fingerprint density at radius 1 is 1.61 bits per heavy atom. The van der Waals surface area contributed by atoms with Gasteiger partial charge in [-0.05, 0) is 11.6 Å². The normalized spacial score (nSPS) is 12.4. The van der Waals surface area contributed by atoms with Crippen molar-refractivity contribution in [2.24, 2.45) is 0 Å². The minimum Gasteiger partial charge on any atom is -0.389 e. The highest BCUT2D eigenvalue weighted by Crippen LogP contribution is 2.21. The van der Waals surface area contributed by atoms with E-state index in [1.807, 2.05) is 0 Å². The van der Waals surface area contributed by atoms with Gasteiger partial charge < -0.3 is 15.2 Å². The van der Waals surface area contributed by atoms with Gasteiger partial charge in [0.05, 0.1) is 17.6 Å². The summed E-state index contributed by atoms with van der Waals surface area (Å²) in [6, 6.07) is 4.26. The van der Waals surface area contributed by atoms with Gasteiger partial charge in [0.1, 0.15) is 0 Å². The number of ether oxygens (including phenoxy) is 1. The Labute approximate surface area is 110 Å². The quantitative estimate of drug-likeness (QED) is 0.579. The number of nitro benzene ring substituents is 1. The number of aliphatic hydroxyl groups is 1. The van der Waals surface area contributed by atoms with Crippen LogP contribution >= 0.6 is 11.6 Å². The van der Waals surface area contributed by atoms with E-state index in [0.29, 0.717) is 23.7 Å². The highest BCUT2D eigenvalue weighted by molar-refractivity contribution is 6.31. The lowest BCUT2D eigenvalue weighted by Gasteiger charge is -2.11. The average Bonchev–Trinajstić information content (AvgIpc) is 2.31. The van der Waals surface area contributed by atoms with E-state index >= 15 is 0 Å². The maximum atomic E-state index is 10.6. The van der Waals surface area contributed by atoms with Gasteiger partial charge in [-0.3, -0.25) is 10.1 Å². The van der Waals surface area contributed by atoms with Gasteiger partial charge in [-0.1, -0.05) is 11.6 Å². The molecule has 0 fully saturated rings. The molecule has 0 saturated carbocycles. The molecule has 0 aliphatic carbocycles. The zero-order chi connectivity index (χ0) is 13.5. The second kappa shape index (κ2) is 7.27. The predicted molar refractivity (Wildman–Crippen MR) is 67.7 cm³/mol. The van der Waals surface area contributed by atoms with Gasteiger partial charge in [-0.25, -0.2) is 0 Å². The van der Waals surface area contributed by atoms with E-state index in [9.17, 15) is 15.2 Å². The molecule has 0 heterocycles. The highest BCUT2D eigenvalue weighted by Gasteiger charge is 2.10. The summed E-state index contributed by atoms with van der Waals surface area (Å²) < 4.78 is 4.78. The fourth-order valence-electron chi connectivity index (χ4n) is 1.43. The zero-order valence-electron chi connectivity index (χ0n) is 9.93. The van der Waals surface area contributed by atoms with E-state index in [-0.39, 0.29) is 12.3 Å². The SMILES string of the molecule is COCC(O)CNCc1cc([N+](=O)[O-])ccc1Cl. The molecule has 1 unspecified atom stereocenters. The van der Waals surface area contributed by atoms with E-state index in [4.69, 9.17) is 16.3 Å². The monoisotopic (exact) mass is 274 g/mol. The molecule has 18 heavy (non-hydrogen) atoms. The van der Waals surface area contributed by atoms with Gasteiger partial charge in [-0.15, -0.1) is 0 Å². The number of nitrogens with zero attached hydrogens (tertiary/aromatic N) is 1. The van der Waals surface area contributed by atoms with Crippen LogP contribution in [-0.4, -0.2) is 36.4 Å². The number of nitrogens with one attached hydrogen (secondary N) is 1. The first-order chi connectivity index (χ1) is 8.54. The fourth-order valence-corrected chi connectivity index (χ4v) is 1.62. The maximum Gasteiger partial charge on any atom is 0.269 e. The fraction of sp³-hybridized carbons (Fsp3) is 0.455. The highest BCUT2D eigenvalue weighted by atomic mass is 35.5. The first kappa shape index (κ1) is 14.8. The summed E-state index contributed by atoms with van der Waals surface area (Å²) >= 11 is 5.93. The minimum absolute atomic E-state index is 0.00589. The van der Waals surface area contributed by atoms with E-state index in [0.717, 1.165) is 0 Å². The van der Waals surface area contributed by atoms with Gasteiger partial charge in [0.25, 0.3) is 5.69 Å². The van der Waals surface area contributed by atoms with Gasteiger partial charge >= 0.3 is 0 Å². The third kappa shape index (κ3) is 4.58. The largest absolute Gasteiger partial charge is 0.389 e. The second-order valence-electron chi connectivity index (χ2n) is 3.77. The van der Waals surface area contributed by atoms with Gasteiger partial charge in [0.2, 0.25) is 0 Å². The third-order valence-electron chi connectivity index (χ3n) is 2.29. The van der Waals surface area contributed by atoms with Crippen molar-refractivity contribution >= 4 is 17.3 Å². The summed E-state index contributed by atoms with van der Waals surface area (Å²) in [5, 5.41) is 23.4. The number of hydrogen-bond acceptors (Lipinski definition) is 5. The summed E-state index contributed by atoms with van der Waals surface area (Å²) in [4.78, 5) is 10.1. The molecule has 0 amide bonds. The van der Waals surface area contributed by atoms with Crippen molar-refractivity contribution in [1.29, 1.82) is 0 Å². The van der Waals surface area contributed by atoms with Gasteiger partial charge in [-0.2, -0.15) is 0 Å². The molecule has 7 heteroatoms. The van der Waals surface area contributed by atoms with Crippen LogP contribution in [0.3, 0.4) is 0 Å². The van der Waals surface area contributed by atoms with E-state index in [2.05, 4.69) is 5.32 Å². The van der Waals surface area contributed by atoms with Crippen LogP contribution in [0, 0.1) is 10.1 Å². The van der Waals surface area contributed by atoms with Crippen LogP contribution in [0.25, 0.3) is 0 Å². The van der Waals surface area contributed by atoms with Crippen molar-refractivity contribution in [3.63, 3.8) is 0 Å². The molecule has 0 aromatic heterocycles. The van der Waals surface area contributed by atoms with Crippen LogP contribution in [0.5, 0.6) is 0 Å². The molecule has 0 spiro atoms. The Bertz CT molecular complexity index is 414. The third-order valence-corrected chi connectivity index (χ3v) is 2.66. The molecule has 6 nitrogen and oxygen atoms in total. The van der Waals surface area contributed by atoms with Crippen LogP contribution in [0.4, 0.5) is 5.69 Å². The van der Waals surface area contributed by atoms with E-state index < -0.39 is 11.0 Å². The lowest BCUT2D eigenvalue weighted by Crippen LogP contribution is -2.29. The van der Waals surface area contributed by atoms with Crippen molar-refractivity contribution in [2.75, 3.05) is 20.3 Å². The molecule has 1 rings (SSSR count). The molecular formula is C11H15ClN2O4. The number of aliphatic hydroxyl groups excluding tert-OH is 1. The van der Waals surface area contributed by atoms with Crippen molar-refractivity contribution in [1.82, 2.24) is 5.32 Å². The number of methoxy groups -OCH3 is 1. The summed E-state index contributed by atoms with van der Waals surface area (Å²) in [5.41, 5.74) is 0.615. The van der Waals surface area contributed by atoms with E-state index in [1.165, 1.54) is 25.3 Å². The number of nitro groups is 1. The van der Waals surface area contributed by atoms with Crippen LogP contribution in [0.15, 0.2) is 18.2 Å². The summed E-state index contributed by atoms with van der Waals surface area (Å²) in [6.07, 6.45) is -0.618. The Balaban J connectivity index is 2.56. The minimum atomic E-state index is -0.618. The summed E-state index contributed by atoms with van der Waals surface area (Å²) in [7, 11) is 1.50. The molecule has 0 bridgehead atoms. The zero-order valence-corrected chi connectivity index (χ0v) is 10.7. The Morgan fingerprint density at radius 3 is 2.94 bits per heavy atom. The number of halogens is 1. The van der Waals surface area contributed by atoms with Crippen molar-refractivity contribution in [3.8, 4) is 0 Å². The first-order valence-electron chi connectivity index (χ1n) is 5.35. The van der Waals surface area contributed by atoms with Crippen LogP contribution < -0.4 is 5.32 Å². The molecular weight excluding hydrogens is 260 g/mol. The molecule has 1 aromatic rings. The predicted octanol–water partition coefficient (Wildman–Crippen LogP) is 1.35. The topological polar surface area (TPSA) is 84.6 Å². The second-order valence-corrected chi connectivity index (χ2v) is 4.18. The molecule has 2 N–H and O–H groups in total. The lowest BCUT2D eigenvalue weighted by molar-refractivity contribution is -0.384. The van der Waals surface area contributed by atoms with Crippen molar-refractivity contribution in [3.05, 3.63) is 38.9 Å².